The number of hydrogen-bond donors (Lipinski definition) is 0. The van der Waals surface area contributed by atoms with E-state index in [9.17, 15) is 21.8 Å². The van der Waals surface area contributed by atoms with E-state index in [1.807, 2.05) is 0 Å². The fourth-order valence-electron chi connectivity index (χ4n) is 1.65. The predicted octanol–water partition coefficient (Wildman–Crippen LogP) is -1.09. The predicted molar refractivity (Wildman–Crippen MR) is 110 cm³/mol. The van der Waals surface area contributed by atoms with E-state index >= 15 is 0 Å². The van der Waals surface area contributed by atoms with Crippen LogP contribution in [-0.2, 0) is 33.6 Å². The van der Waals surface area contributed by atoms with E-state index in [0.717, 1.165) is 11.8 Å². The van der Waals surface area contributed by atoms with Gasteiger partial charge < -0.3 is 4.55 Å². The number of benzene rings is 2. The third-order valence-corrected chi connectivity index (χ3v) is 3.95. The first-order valence-electron chi connectivity index (χ1n) is 8.28. The molecule has 0 saturated heterocycles. The topological polar surface area (TPSA) is 108 Å². The molecule has 2 rings (SSSR count). The summed E-state index contributed by atoms with van der Waals surface area (Å²) in [6.07, 6.45) is 1.09. The standard InChI is InChI=1S/C8H8BrF.C8H9FO3S.3Na.O3S/c9-6-5-7-1-3-8(10)4-2-7;9-8-3-1-7(2-4-8)5-6-13(10,11)12;;;;1-4(2)3/h1-4H,5-6H2;1-4H,5-6H2,(H,10,11,12);;;;/q;;;;+1;/p-1. The van der Waals surface area contributed by atoms with Crippen molar-refractivity contribution in [2.75, 3.05) is 11.1 Å². The molecule has 2 aromatic carbocycles. The van der Waals surface area contributed by atoms with E-state index in [-0.39, 0.29) is 47.6 Å². The molecule has 14 heteroatoms. The summed E-state index contributed by atoms with van der Waals surface area (Å²) in [5.41, 5.74) is 1.80. The zero-order valence-corrected chi connectivity index (χ0v) is 26.1. The van der Waals surface area contributed by atoms with Gasteiger partial charge in [-0.25, -0.2) is 17.2 Å². The Kier molecular flexibility index (Phi) is 26.5. The van der Waals surface area contributed by atoms with Crippen LogP contribution >= 0.6 is 15.9 Å². The molecule has 0 spiro atoms. The minimum absolute atomic E-state index is 0. The zero-order chi connectivity index (χ0) is 22.9. The van der Waals surface area contributed by atoms with E-state index in [1.165, 1.54) is 85.6 Å². The van der Waals surface area contributed by atoms with Gasteiger partial charge >= 0.3 is 83.8 Å². The van der Waals surface area contributed by atoms with Crippen molar-refractivity contribution in [1.82, 2.24) is 0 Å². The first kappa shape index (κ1) is 35.9. The van der Waals surface area contributed by atoms with Crippen LogP contribution in [0.25, 0.3) is 0 Å². The van der Waals surface area contributed by atoms with Crippen molar-refractivity contribution in [2.45, 2.75) is 12.8 Å². The molecule has 6 nitrogen and oxygen atoms in total. The van der Waals surface area contributed by atoms with Crippen LogP contribution in [0, 0.1) is 11.6 Å². The van der Waals surface area contributed by atoms with Crippen LogP contribution in [0.5, 0.6) is 0 Å². The molecule has 30 heavy (non-hydrogen) atoms. The molecule has 0 aliphatic heterocycles. The van der Waals surface area contributed by atoms with Gasteiger partial charge in [0.15, 0.2) is 0 Å². The van der Waals surface area contributed by atoms with Crippen LogP contribution < -0.4 is 29.6 Å². The van der Waals surface area contributed by atoms with Gasteiger partial charge in [-0.15, -0.1) is 12.6 Å². The fourth-order valence-corrected chi connectivity index (χ4v) is 2.60. The van der Waals surface area contributed by atoms with E-state index in [0.29, 0.717) is 5.56 Å². The second-order valence-corrected chi connectivity index (χ2v) is 7.63. The van der Waals surface area contributed by atoms with Gasteiger partial charge in [0.25, 0.3) is 0 Å². The summed E-state index contributed by atoms with van der Waals surface area (Å²) < 4.78 is 80.8. The quantitative estimate of drug-likeness (QED) is 0.264. The van der Waals surface area contributed by atoms with Gasteiger partial charge in [0.05, 0.1) is 10.1 Å². The molecule has 0 unspecified atom stereocenters. The molecule has 0 radical (unpaired) electrons. The number of aryl methyl sites for hydroxylation is 2. The van der Waals surface area contributed by atoms with Crippen LogP contribution in [0.1, 0.15) is 11.1 Å². The summed E-state index contributed by atoms with van der Waals surface area (Å²) in [5.74, 6) is -0.995. The van der Waals surface area contributed by atoms with E-state index in [4.69, 9.17) is 12.6 Å². The number of hydrogen-bond acceptors (Lipinski definition) is 6. The normalized spacial score (nSPS) is 9.33. The van der Waals surface area contributed by atoms with E-state index in [2.05, 4.69) is 15.9 Å². The molecular weight excluding hydrogens is 539 g/mol. The van der Waals surface area contributed by atoms with Crippen LogP contribution in [0.2, 0.25) is 0 Å². The number of rotatable bonds is 5. The van der Waals surface area contributed by atoms with Gasteiger partial charge in [0, 0.05) is 11.1 Å². The van der Waals surface area contributed by atoms with Crippen molar-refractivity contribution in [3.63, 3.8) is 0 Å². The van der Waals surface area contributed by atoms with Gasteiger partial charge in [-0.05, 0) is 48.2 Å². The van der Waals surface area contributed by atoms with E-state index < -0.39 is 26.5 Å². The minimum atomic E-state index is -4.18. The Labute approximate surface area is 235 Å². The maximum atomic E-state index is 12.4. The van der Waals surface area contributed by atoms with Gasteiger partial charge in [0.1, 0.15) is 11.6 Å². The summed E-state index contributed by atoms with van der Waals surface area (Å²) in [6.45, 7) is 0. The van der Waals surface area contributed by atoms with Crippen LogP contribution in [0.15, 0.2) is 48.5 Å². The van der Waals surface area contributed by atoms with Crippen molar-refractivity contribution in [3.8, 4) is 0 Å². The Morgan fingerprint density at radius 2 is 1.13 bits per heavy atom. The molecule has 0 aliphatic carbocycles. The van der Waals surface area contributed by atoms with Crippen LogP contribution in [0.4, 0.5) is 8.78 Å². The first-order valence-corrected chi connectivity index (χ1v) is 20.0. The monoisotopic (exact) mass is 554 g/mol. The molecule has 0 saturated carbocycles. The summed E-state index contributed by atoms with van der Waals surface area (Å²) in [6, 6.07) is 11.9. The SMILES string of the molecule is Fc1ccc(CCBr)cc1.O=S(=O)([O-])CCc1ccc(F)cc1.O=S(=O)=O.[Na+].[Na][Na]. The zero-order valence-electron chi connectivity index (χ0n) is 16.8. The molecule has 152 valence electrons. The molecule has 0 atom stereocenters. The Morgan fingerprint density at radius 3 is 1.40 bits per heavy atom. The third kappa shape index (κ3) is 25.6. The van der Waals surface area contributed by atoms with E-state index in [1.54, 1.807) is 12.1 Å². The van der Waals surface area contributed by atoms with Gasteiger partial charge in [0.2, 0.25) is 0 Å². The second kappa shape index (κ2) is 22.1. The van der Waals surface area contributed by atoms with Crippen molar-refractivity contribution in [3.05, 3.63) is 71.3 Å². The number of alkyl halides is 1. The maximum absolute atomic E-state index is 12.4. The average Bonchev–Trinajstić information content (AvgIpc) is 2.64. The number of halogens is 3. The fraction of sp³-hybridized carbons (Fsp3) is 0.250. The molecule has 0 amide bonds. The van der Waals surface area contributed by atoms with Crippen LogP contribution in [0.3, 0.4) is 0 Å². The second-order valence-electron chi connectivity index (χ2n) is 4.91. The van der Waals surface area contributed by atoms with Crippen molar-refractivity contribution in [2.24, 2.45) is 0 Å². The third-order valence-electron chi connectivity index (χ3n) is 2.85. The Hall–Kier alpha value is 1.31. The Bertz CT molecular complexity index is 891. The molecule has 0 heterocycles. The van der Waals surface area contributed by atoms with Gasteiger partial charge in [-0.1, -0.05) is 40.2 Å². The first-order chi connectivity index (χ1) is 13.5. The van der Waals surface area contributed by atoms with Gasteiger partial charge in [-0.3, -0.25) is 0 Å². The van der Waals surface area contributed by atoms with Gasteiger partial charge in [-0.2, -0.15) is 0 Å². The van der Waals surface area contributed by atoms with Crippen LogP contribution in [-0.4, -0.2) is 80.3 Å². The Morgan fingerprint density at radius 1 is 0.833 bits per heavy atom. The molecule has 0 bridgehead atoms. The average molecular weight is 555 g/mol. The van der Waals surface area contributed by atoms with Crippen molar-refractivity contribution in [1.29, 1.82) is 0 Å². The summed E-state index contributed by atoms with van der Waals surface area (Å²) >= 11 is 6.20. The molecule has 0 aliphatic rings. The van der Waals surface area contributed by atoms with Crippen molar-refractivity contribution < 1.29 is 63.9 Å². The molecular formula is C16H16BrF2Na3O6S2. The Balaban J connectivity index is -0.000000382. The summed E-state index contributed by atoms with van der Waals surface area (Å²) in [7, 11) is -7.29. The summed E-state index contributed by atoms with van der Waals surface area (Å²) in [4.78, 5) is 0. The molecule has 0 fully saturated rings. The molecule has 0 aromatic heterocycles. The van der Waals surface area contributed by atoms with Crippen molar-refractivity contribution >= 4 is 80.3 Å². The molecule has 2 aromatic rings. The summed E-state index contributed by atoms with van der Waals surface area (Å²) in [5, 5.41) is 0.929. The molecule has 0 N–H and O–H groups in total.